The molecule has 0 bridgehead atoms. The van der Waals surface area contributed by atoms with Gasteiger partial charge in [-0.1, -0.05) is 0 Å². The molecule has 1 fully saturated rings. The molecule has 1 saturated heterocycles. The maximum Gasteiger partial charge on any atom is 0.260 e. The number of nitrogens with zero attached hydrogens (tertiary/aromatic N) is 4. The average Bonchev–Trinajstić information content (AvgIpc) is 2.67. The summed E-state index contributed by atoms with van der Waals surface area (Å²) in [5, 5.41) is 8.76. The lowest BCUT2D eigenvalue weighted by atomic mass is 10.2. The number of ether oxygens (including phenoxy) is 1. The summed E-state index contributed by atoms with van der Waals surface area (Å²) in [6.45, 7) is 2.97. The lowest BCUT2D eigenvalue weighted by Crippen LogP contribution is -2.50. The lowest BCUT2D eigenvalue weighted by molar-refractivity contribution is -0.133. The zero-order valence-corrected chi connectivity index (χ0v) is 13.3. The third-order valence-electron chi connectivity index (χ3n) is 4.01. The van der Waals surface area contributed by atoms with Crippen molar-refractivity contribution in [3.8, 4) is 11.8 Å². The van der Waals surface area contributed by atoms with Crippen LogP contribution in [0.3, 0.4) is 0 Å². The van der Waals surface area contributed by atoms with Crippen LogP contribution in [0.5, 0.6) is 5.75 Å². The Morgan fingerprint density at radius 1 is 1.08 bits per heavy atom. The second-order valence-corrected chi connectivity index (χ2v) is 5.50. The number of amides is 1. The molecular weight excluding hydrogens is 304 g/mol. The number of anilines is 1. The molecule has 0 spiro atoms. The predicted octanol–water partition coefficient (Wildman–Crippen LogP) is 1.68. The normalized spacial score (nSPS) is 14.1. The number of hydrogen-bond donors (Lipinski definition) is 0. The van der Waals surface area contributed by atoms with E-state index in [1.165, 1.54) is 0 Å². The van der Waals surface area contributed by atoms with Gasteiger partial charge in [0.2, 0.25) is 0 Å². The average molecular weight is 322 g/mol. The third-order valence-corrected chi connectivity index (χ3v) is 4.01. The molecule has 24 heavy (non-hydrogen) atoms. The van der Waals surface area contributed by atoms with Crippen LogP contribution in [0.4, 0.5) is 5.69 Å². The smallest absolute Gasteiger partial charge is 0.260 e. The van der Waals surface area contributed by atoms with E-state index in [1.807, 2.05) is 23.1 Å². The molecule has 2 aromatic rings. The zero-order valence-electron chi connectivity index (χ0n) is 13.3. The van der Waals surface area contributed by atoms with Crippen LogP contribution in [0.2, 0.25) is 0 Å². The van der Waals surface area contributed by atoms with Gasteiger partial charge < -0.3 is 14.5 Å². The van der Waals surface area contributed by atoms with Crippen molar-refractivity contribution < 1.29 is 9.53 Å². The Bertz CT molecular complexity index is 717. The molecule has 122 valence electrons. The molecule has 0 atom stereocenters. The van der Waals surface area contributed by atoms with Gasteiger partial charge in [0.1, 0.15) is 5.75 Å². The summed E-state index contributed by atoms with van der Waals surface area (Å²) in [6.07, 6.45) is 3.55. The van der Waals surface area contributed by atoms with E-state index in [4.69, 9.17) is 10.00 Å². The summed E-state index contributed by atoms with van der Waals surface area (Å²) in [5.41, 5.74) is 1.70. The van der Waals surface area contributed by atoms with Gasteiger partial charge in [-0.2, -0.15) is 5.26 Å². The minimum absolute atomic E-state index is 0.0150. The van der Waals surface area contributed by atoms with Crippen LogP contribution in [0.1, 0.15) is 5.56 Å². The number of carbonyl (C=O) groups is 1. The van der Waals surface area contributed by atoms with E-state index in [2.05, 4.69) is 9.88 Å². The van der Waals surface area contributed by atoms with Gasteiger partial charge in [-0.15, -0.1) is 0 Å². The van der Waals surface area contributed by atoms with Gasteiger partial charge in [-0.05, 0) is 36.4 Å². The summed E-state index contributed by atoms with van der Waals surface area (Å²) in [5.74, 6) is 0.575. The molecule has 0 unspecified atom stereocenters. The molecular formula is C18H18N4O2. The van der Waals surface area contributed by atoms with E-state index < -0.39 is 0 Å². The Labute approximate surface area is 140 Å². The number of nitriles is 1. The highest BCUT2D eigenvalue weighted by atomic mass is 16.5. The van der Waals surface area contributed by atoms with E-state index in [-0.39, 0.29) is 12.5 Å². The number of rotatable bonds is 4. The van der Waals surface area contributed by atoms with Crippen molar-refractivity contribution in [2.24, 2.45) is 0 Å². The second kappa shape index (κ2) is 7.47. The predicted molar refractivity (Wildman–Crippen MR) is 89.7 cm³/mol. The van der Waals surface area contributed by atoms with Gasteiger partial charge in [-0.3, -0.25) is 9.78 Å². The minimum atomic E-state index is -0.0197. The molecule has 6 nitrogen and oxygen atoms in total. The first-order chi connectivity index (χ1) is 11.8. The third kappa shape index (κ3) is 3.82. The molecule has 3 rings (SSSR count). The highest BCUT2D eigenvalue weighted by molar-refractivity contribution is 5.78. The van der Waals surface area contributed by atoms with E-state index >= 15 is 0 Å². The summed E-state index contributed by atoms with van der Waals surface area (Å²) in [7, 11) is 0. The summed E-state index contributed by atoms with van der Waals surface area (Å²) in [4.78, 5) is 20.3. The van der Waals surface area contributed by atoms with Crippen molar-refractivity contribution >= 4 is 11.6 Å². The molecule has 1 aliphatic rings. The van der Waals surface area contributed by atoms with Gasteiger partial charge >= 0.3 is 0 Å². The number of aromatic nitrogens is 1. The highest BCUT2D eigenvalue weighted by Gasteiger charge is 2.21. The molecule has 1 aromatic carbocycles. The monoisotopic (exact) mass is 322 g/mol. The molecule has 0 saturated carbocycles. The molecule has 1 amide bonds. The fraction of sp³-hybridized carbons (Fsp3) is 0.278. The number of piperazine rings is 1. The molecule has 0 aliphatic carbocycles. The number of pyridine rings is 1. The largest absolute Gasteiger partial charge is 0.484 e. The van der Waals surface area contributed by atoms with Crippen molar-refractivity contribution in [3.05, 3.63) is 54.4 Å². The Morgan fingerprint density at radius 2 is 1.75 bits per heavy atom. The maximum atomic E-state index is 12.3. The molecule has 0 N–H and O–H groups in total. The molecule has 0 radical (unpaired) electrons. The van der Waals surface area contributed by atoms with Crippen molar-refractivity contribution in [2.75, 3.05) is 37.7 Å². The highest BCUT2D eigenvalue weighted by Crippen LogP contribution is 2.15. The van der Waals surface area contributed by atoms with Gasteiger partial charge in [0.15, 0.2) is 6.61 Å². The Balaban J connectivity index is 1.47. The molecule has 1 aliphatic heterocycles. The first kappa shape index (κ1) is 15.8. The summed E-state index contributed by atoms with van der Waals surface area (Å²) in [6, 6.07) is 12.8. The van der Waals surface area contributed by atoms with Crippen LogP contribution in [0, 0.1) is 11.3 Å². The molecule has 6 heteroatoms. The van der Waals surface area contributed by atoms with Crippen LogP contribution in [0.15, 0.2) is 48.8 Å². The van der Waals surface area contributed by atoms with Gasteiger partial charge in [0, 0.05) is 44.3 Å². The van der Waals surface area contributed by atoms with Crippen molar-refractivity contribution in [1.82, 2.24) is 9.88 Å². The van der Waals surface area contributed by atoms with Crippen LogP contribution in [-0.4, -0.2) is 48.6 Å². The topological polar surface area (TPSA) is 69.5 Å². The Morgan fingerprint density at radius 3 is 2.38 bits per heavy atom. The van der Waals surface area contributed by atoms with Gasteiger partial charge in [0.25, 0.3) is 5.91 Å². The van der Waals surface area contributed by atoms with E-state index in [9.17, 15) is 4.79 Å². The number of carbonyl (C=O) groups excluding carboxylic acids is 1. The fourth-order valence-corrected chi connectivity index (χ4v) is 2.63. The van der Waals surface area contributed by atoms with Crippen molar-refractivity contribution in [3.63, 3.8) is 0 Å². The van der Waals surface area contributed by atoms with Gasteiger partial charge in [-0.25, -0.2) is 0 Å². The van der Waals surface area contributed by atoms with Crippen LogP contribution in [-0.2, 0) is 4.79 Å². The Hall–Kier alpha value is -3.07. The van der Waals surface area contributed by atoms with Crippen molar-refractivity contribution in [2.45, 2.75) is 0 Å². The first-order valence-corrected chi connectivity index (χ1v) is 7.82. The standard InChI is InChI=1S/C18H18N4O2/c19-13-15-1-3-17(4-2-15)24-14-18(23)22-11-9-21(10-12-22)16-5-7-20-8-6-16/h1-8H,9-12,14H2. The minimum Gasteiger partial charge on any atom is -0.484 e. The first-order valence-electron chi connectivity index (χ1n) is 7.82. The van der Waals surface area contributed by atoms with Crippen LogP contribution >= 0.6 is 0 Å². The molecule has 1 aromatic heterocycles. The zero-order chi connectivity index (χ0) is 16.8. The van der Waals surface area contributed by atoms with Crippen molar-refractivity contribution in [1.29, 1.82) is 5.26 Å². The lowest BCUT2D eigenvalue weighted by Gasteiger charge is -2.36. The Kier molecular flexibility index (Phi) is 4.92. The number of benzene rings is 1. The molecule has 2 heterocycles. The van der Waals surface area contributed by atoms with Crippen LogP contribution < -0.4 is 9.64 Å². The van der Waals surface area contributed by atoms with E-state index in [0.717, 1.165) is 18.8 Å². The number of hydrogen-bond acceptors (Lipinski definition) is 5. The maximum absolute atomic E-state index is 12.3. The van der Waals surface area contributed by atoms with E-state index in [1.54, 1.807) is 36.7 Å². The summed E-state index contributed by atoms with van der Waals surface area (Å²) >= 11 is 0. The van der Waals surface area contributed by atoms with Gasteiger partial charge in [0.05, 0.1) is 11.6 Å². The second-order valence-electron chi connectivity index (χ2n) is 5.50. The van der Waals surface area contributed by atoms with Crippen LogP contribution in [0.25, 0.3) is 0 Å². The quantitative estimate of drug-likeness (QED) is 0.856. The summed E-state index contributed by atoms with van der Waals surface area (Å²) < 4.78 is 5.51. The fourth-order valence-electron chi connectivity index (χ4n) is 2.63. The SMILES string of the molecule is N#Cc1ccc(OCC(=O)N2CCN(c3ccncc3)CC2)cc1. The van der Waals surface area contributed by atoms with E-state index in [0.29, 0.717) is 24.4 Å².